The lowest BCUT2D eigenvalue weighted by Gasteiger charge is -1.99. The molecule has 0 saturated carbocycles. The lowest BCUT2D eigenvalue weighted by molar-refractivity contribution is 0.599. The van der Waals surface area contributed by atoms with E-state index in [4.69, 9.17) is 11.5 Å². The maximum Gasteiger partial charge on any atom is 0.283 e. The number of rotatable bonds is 1. The fourth-order valence-corrected chi connectivity index (χ4v) is 2.69. The Labute approximate surface area is 81.5 Å². The summed E-state index contributed by atoms with van der Waals surface area (Å²) in [6.07, 6.45) is 0. The van der Waals surface area contributed by atoms with Gasteiger partial charge in [0, 0.05) is 17.8 Å². The lowest BCUT2D eigenvalue weighted by Crippen LogP contribution is -2.12. The van der Waals surface area contributed by atoms with E-state index in [2.05, 4.69) is 4.40 Å². The van der Waals surface area contributed by atoms with Crippen molar-refractivity contribution in [3.63, 3.8) is 0 Å². The van der Waals surface area contributed by atoms with Crippen molar-refractivity contribution in [3.05, 3.63) is 23.8 Å². The summed E-state index contributed by atoms with van der Waals surface area (Å²) in [4.78, 5) is 0.151. The average Bonchev–Trinajstić information content (AvgIpc) is 2.38. The highest BCUT2D eigenvalue weighted by Gasteiger charge is 2.27. The zero-order valence-electron chi connectivity index (χ0n) is 7.27. The van der Waals surface area contributed by atoms with Crippen LogP contribution in [0.15, 0.2) is 27.5 Å². The van der Waals surface area contributed by atoms with Crippen molar-refractivity contribution in [3.8, 4) is 0 Å². The molecule has 1 aromatic carbocycles. The highest BCUT2D eigenvalue weighted by atomic mass is 32.2. The molecule has 2 rings (SSSR count). The SMILES string of the molecule is NCC1=NS(=O)(=O)c2cc(N)ccc21. The summed E-state index contributed by atoms with van der Waals surface area (Å²) in [5.74, 6) is 0. The molecular formula is C8H9N3O2S. The summed E-state index contributed by atoms with van der Waals surface area (Å²) in [5.41, 5.74) is 12.2. The van der Waals surface area contributed by atoms with Crippen LogP contribution in [0.5, 0.6) is 0 Å². The van der Waals surface area contributed by atoms with Crippen molar-refractivity contribution in [2.45, 2.75) is 4.90 Å². The predicted molar refractivity (Wildman–Crippen MR) is 53.6 cm³/mol. The molecule has 1 aliphatic rings. The molecule has 1 aromatic rings. The van der Waals surface area contributed by atoms with Crippen LogP contribution in [0.1, 0.15) is 5.56 Å². The number of hydrogen-bond acceptors (Lipinski definition) is 4. The zero-order valence-corrected chi connectivity index (χ0v) is 8.08. The minimum absolute atomic E-state index is 0.107. The molecule has 0 atom stereocenters. The molecule has 14 heavy (non-hydrogen) atoms. The van der Waals surface area contributed by atoms with Crippen molar-refractivity contribution >= 4 is 21.4 Å². The van der Waals surface area contributed by atoms with Gasteiger partial charge in [-0.25, -0.2) is 0 Å². The van der Waals surface area contributed by atoms with Gasteiger partial charge in [-0.3, -0.25) is 0 Å². The summed E-state index contributed by atoms with van der Waals surface area (Å²) < 4.78 is 26.5. The molecule has 4 N–H and O–H groups in total. The number of benzene rings is 1. The second-order valence-corrected chi connectivity index (χ2v) is 4.55. The van der Waals surface area contributed by atoms with Crippen molar-refractivity contribution in [2.24, 2.45) is 10.1 Å². The highest BCUT2D eigenvalue weighted by molar-refractivity contribution is 7.90. The molecule has 0 unspecified atom stereocenters. The average molecular weight is 211 g/mol. The van der Waals surface area contributed by atoms with E-state index in [0.717, 1.165) is 0 Å². The van der Waals surface area contributed by atoms with Gasteiger partial charge in [0.15, 0.2) is 0 Å². The number of nitrogens with zero attached hydrogens (tertiary/aromatic N) is 1. The third kappa shape index (κ3) is 1.19. The summed E-state index contributed by atoms with van der Waals surface area (Å²) in [5, 5.41) is 0. The first-order valence-electron chi connectivity index (χ1n) is 3.98. The van der Waals surface area contributed by atoms with E-state index in [-0.39, 0.29) is 11.4 Å². The molecule has 0 bridgehead atoms. The van der Waals surface area contributed by atoms with Gasteiger partial charge in [-0.15, -0.1) is 0 Å². The topological polar surface area (TPSA) is 98.5 Å². The Bertz CT molecular complexity index is 519. The molecule has 0 spiro atoms. The van der Waals surface area contributed by atoms with E-state index in [1.807, 2.05) is 0 Å². The molecule has 0 radical (unpaired) electrons. The van der Waals surface area contributed by atoms with Crippen molar-refractivity contribution < 1.29 is 8.42 Å². The summed E-state index contributed by atoms with van der Waals surface area (Å²) in [7, 11) is -3.56. The predicted octanol–water partition coefficient (Wildman–Crippen LogP) is -0.281. The van der Waals surface area contributed by atoms with E-state index in [1.54, 1.807) is 12.1 Å². The van der Waals surface area contributed by atoms with E-state index >= 15 is 0 Å². The van der Waals surface area contributed by atoms with Crippen molar-refractivity contribution in [2.75, 3.05) is 12.3 Å². The van der Waals surface area contributed by atoms with Crippen LogP contribution in [-0.4, -0.2) is 20.7 Å². The molecule has 5 nitrogen and oxygen atoms in total. The smallest absolute Gasteiger partial charge is 0.283 e. The zero-order chi connectivity index (χ0) is 10.3. The molecule has 0 aliphatic carbocycles. The number of sulfonamides is 1. The number of hydrogen-bond donors (Lipinski definition) is 2. The normalized spacial score (nSPS) is 17.6. The van der Waals surface area contributed by atoms with Crippen LogP contribution in [0.3, 0.4) is 0 Å². The fraction of sp³-hybridized carbons (Fsp3) is 0.125. The largest absolute Gasteiger partial charge is 0.399 e. The molecule has 0 aromatic heterocycles. The van der Waals surface area contributed by atoms with Crippen LogP contribution in [0, 0.1) is 0 Å². The van der Waals surface area contributed by atoms with Gasteiger partial charge in [0.25, 0.3) is 10.0 Å². The van der Waals surface area contributed by atoms with Gasteiger partial charge in [-0.05, 0) is 18.2 Å². The Morgan fingerprint density at radius 3 is 2.71 bits per heavy atom. The quantitative estimate of drug-likeness (QED) is 0.624. The summed E-state index contributed by atoms with van der Waals surface area (Å²) in [6.45, 7) is 0.107. The maximum absolute atomic E-state index is 11.5. The molecule has 0 amide bonds. The van der Waals surface area contributed by atoms with Crippen LogP contribution < -0.4 is 11.5 Å². The Hall–Kier alpha value is -1.40. The van der Waals surface area contributed by atoms with Crippen LogP contribution >= 0.6 is 0 Å². The first kappa shape index (κ1) is 9.17. The second-order valence-electron chi connectivity index (χ2n) is 2.97. The summed E-state index contributed by atoms with van der Waals surface area (Å²) >= 11 is 0. The molecule has 1 heterocycles. The first-order valence-corrected chi connectivity index (χ1v) is 5.42. The Kier molecular flexibility index (Phi) is 1.83. The molecular weight excluding hydrogens is 202 g/mol. The van der Waals surface area contributed by atoms with E-state index in [0.29, 0.717) is 17.0 Å². The first-order chi connectivity index (χ1) is 6.54. The fourth-order valence-electron chi connectivity index (χ4n) is 1.38. The second kappa shape index (κ2) is 2.79. The molecule has 74 valence electrons. The van der Waals surface area contributed by atoms with Crippen LogP contribution in [0.2, 0.25) is 0 Å². The minimum Gasteiger partial charge on any atom is -0.399 e. The van der Waals surface area contributed by atoms with Crippen LogP contribution in [0.25, 0.3) is 0 Å². The number of fused-ring (bicyclic) bond motifs is 1. The van der Waals surface area contributed by atoms with E-state index in [1.165, 1.54) is 6.07 Å². The number of anilines is 1. The molecule has 0 fully saturated rings. The van der Waals surface area contributed by atoms with Crippen LogP contribution in [0.4, 0.5) is 5.69 Å². The lowest BCUT2D eigenvalue weighted by atomic mass is 10.1. The maximum atomic E-state index is 11.5. The monoisotopic (exact) mass is 211 g/mol. The van der Waals surface area contributed by atoms with E-state index < -0.39 is 10.0 Å². The van der Waals surface area contributed by atoms with Crippen molar-refractivity contribution in [1.82, 2.24) is 0 Å². The van der Waals surface area contributed by atoms with Gasteiger partial charge in [-0.1, -0.05) is 0 Å². The Morgan fingerprint density at radius 1 is 1.36 bits per heavy atom. The minimum atomic E-state index is -3.56. The standard InChI is InChI=1S/C8H9N3O2S/c9-4-7-6-2-1-5(10)3-8(6)14(12,13)11-7/h1-3H,4,9-10H2. The van der Waals surface area contributed by atoms with Gasteiger partial charge in [0.2, 0.25) is 0 Å². The Morgan fingerprint density at radius 2 is 2.07 bits per heavy atom. The Balaban J connectivity index is 2.75. The number of nitrogens with two attached hydrogens (primary N) is 2. The summed E-state index contributed by atoms with van der Waals surface area (Å²) in [6, 6.07) is 4.66. The van der Waals surface area contributed by atoms with Crippen molar-refractivity contribution in [1.29, 1.82) is 0 Å². The van der Waals surface area contributed by atoms with Gasteiger partial charge in [-0.2, -0.15) is 12.8 Å². The van der Waals surface area contributed by atoms with Gasteiger partial charge < -0.3 is 11.5 Å². The third-order valence-electron chi connectivity index (χ3n) is 2.02. The molecule has 1 aliphatic heterocycles. The molecule has 0 saturated heterocycles. The highest BCUT2D eigenvalue weighted by Crippen LogP contribution is 2.27. The van der Waals surface area contributed by atoms with Gasteiger partial charge >= 0.3 is 0 Å². The van der Waals surface area contributed by atoms with Gasteiger partial charge in [0.05, 0.1) is 5.71 Å². The van der Waals surface area contributed by atoms with Gasteiger partial charge in [0.1, 0.15) is 4.90 Å². The van der Waals surface area contributed by atoms with Crippen LogP contribution in [-0.2, 0) is 10.0 Å². The van der Waals surface area contributed by atoms with E-state index in [9.17, 15) is 8.42 Å². The number of nitrogen functional groups attached to an aromatic ring is 1. The molecule has 6 heteroatoms. The third-order valence-corrected chi connectivity index (χ3v) is 3.37.